The van der Waals surface area contributed by atoms with Gasteiger partial charge in [0.1, 0.15) is 5.82 Å². The molecule has 1 aliphatic carbocycles. The fourth-order valence-electron chi connectivity index (χ4n) is 6.78. The van der Waals surface area contributed by atoms with Crippen LogP contribution in [-0.4, -0.2) is 69.8 Å². The molecule has 6 rings (SSSR count). The van der Waals surface area contributed by atoms with Crippen LogP contribution < -0.4 is 9.62 Å². The Morgan fingerprint density at radius 3 is 2.34 bits per heavy atom. The van der Waals surface area contributed by atoms with Gasteiger partial charge in [-0.05, 0) is 104 Å². The highest BCUT2D eigenvalue weighted by Gasteiger charge is 2.60. The Morgan fingerprint density at radius 1 is 1.02 bits per heavy atom. The van der Waals surface area contributed by atoms with E-state index in [1.165, 1.54) is 24.3 Å². The number of anilines is 1. The van der Waals surface area contributed by atoms with Crippen LogP contribution in [0.5, 0.6) is 0 Å². The highest BCUT2D eigenvalue weighted by atomic mass is 35.5. The third-order valence-electron chi connectivity index (χ3n) is 9.29. The van der Waals surface area contributed by atoms with E-state index >= 15 is 0 Å². The lowest BCUT2D eigenvalue weighted by atomic mass is 9.68. The molecule has 1 N–H and O–H groups in total. The number of likely N-dealkylation sites (tertiary alicyclic amines) is 1. The van der Waals surface area contributed by atoms with E-state index in [0.29, 0.717) is 48.7 Å². The predicted molar refractivity (Wildman–Crippen MR) is 168 cm³/mol. The van der Waals surface area contributed by atoms with Crippen LogP contribution in [0.1, 0.15) is 47.2 Å². The maximum absolute atomic E-state index is 14.3. The highest BCUT2D eigenvalue weighted by molar-refractivity contribution is 7.92. The third kappa shape index (κ3) is 5.59. The molecule has 3 aliphatic rings. The Balaban J connectivity index is 1.39. The van der Waals surface area contributed by atoms with E-state index in [0.717, 1.165) is 24.0 Å². The number of carbonyl (C=O) groups excluding carboxylic acids is 2. The molecule has 3 aromatic carbocycles. The van der Waals surface area contributed by atoms with Crippen LogP contribution in [-0.2, 0) is 26.8 Å². The standard InChI is InChI=1S/C33H36ClFN4O4S/c1-37(2)30(40)21-38-17-15-33(16-18-38)27-19-23(32(41)36-20-24-5-3-4-6-28(24)34)9-14-29(27)39(31(33)22-7-8-22)44(42,43)26-12-10-25(35)11-13-26/h3-6,9-14,19,22,31H,7-8,15-18,20-21H2,1-2H3,(H,36,41). The quantitative estimate of drug-likeness (QED) is 0.382. The number of likely N-dealkylation sites (N-methyl/N-ethyl adjacent to an activating group) is 1. The van der Waals surface area contributed by atoms with Crippen molar-refractivity contribution in [3.8, 4) is 0 Å². The van der Waals surface area contributed by atoms with Gasteiger partial charge in [0.15, 0.2) is 0 Å². The molecule has 2 aliphatic heterocycles. The van der Waals surface area contributed by atoms with E-state index in [-0.39, 0.29) is 35.2 Å². The summed E-state index contributed by atoms with van der Waals surface area (Å²) in [6, 6.07) is 17.2. The number of halogens is 2. The van der Waals surface area contributed by atoms with Gasteiger partial charge in [-0.15, -0.1) is 0 Å². The third-order valence-corrected chi connectivity index (χ3v) is 11.5. The second kappa shape index (κ2) is 11.8. The number of hydrogen-bond acceptors (Lipinski definition) is 5. The van der Waals surface area contributed by atoms with Crippen molar-refractivity contribution in [3.63, 3.8) is 0 Å². The van der Waals surface area contributed by atoms with Crippen molar-refractivity contribution in [1.29, 1.82) is 0 Å². The molecule has 44 heavy (non-hydrogen) atoms. The van der Waals surface area contributed by atoms with Gasteiger partial charge in [0.25, 0.3) is 15.9 Å². The van der Waals surface area contributed by atoms with Gasteiger partial charge in [0, 0.05) is 36.6 Å². The molecule has 232 valence electrons. The van der Waals surface area contributed by atoms with Crippen molar-refractivity contribution in [1.82, 2.24) is 15.1 Å². The van der Waals surface area contributed by atoms with Gasteiger partial charge in [-0.1, -0.05) is 29.8 Å². The Kier molecular flexibility index (Phi) is 8.19. The number of nitrogens with zero attached hydrogens (tertiary/aromatic N) is 3. The molecule has 1 atom stereocenters. The lowest BCUT2D eigenvalue weighted by Crippen LogP contribution is -2.54. The zero-order valence-electron chi connectivity index (χ0n) is 24.8. The largest absolute Gasteiger partial charge is 0.348 e. The topological polar surface area (TPSA) is 90.0 Å². The summed E-state index contributed by atoms with van der Waals surface area (Å²) >= 11 is 6.30. The zero-order chi connectivity index (χ0) is 31.2. The summed E-state index contributed by atoms with van der Waals surface area (Å²) in [6.07, 6.45) is 3.09. The highest BCUT2D eigenvalue weighted by Crippen LogP contribution is 2.59. The zero-order valence-corrected chi connectivity index (χ0v) is 26.4. The molecule has 0 radical (unpaired) electrons. The average Bonchev–Trinajstić information content (AvgIpc) is 3.81. The summed E-state index contributed by atoms with van der Waals surface area (Å²) in [7, 11) is -0.576. The first-order valence-corrected chi connectivity index (χ1v) is 16.7. The van der Waals surface area contributed by atoms with Gasteiger partial charge < -0.3 is 10.2 Å². The van der Waals surface area contributed by atoms with E-state index in [1.54, 1.807) is 41.5 Å². The van der Waals surface area contributed by atoms with Crippen molar-refractivity contribution in [2.75, 3.05) is 38.0 Å². The smallest absolute Gasteiger partial charge is 0.264 e. The van der Waals surface area contributed by atoms with Crippen LogP contribution >= 0.6 is 11.6 Å². The number of sulfonamides is 1. The molecule has 0 aromatic heterocycles. The summed E-state index contributed by atoms with van der Waals surface area (Å²) in [4.78, 5) is 29.6. The maximum atomic E-state index is 14.3. The molecule has 1 saturated heterocycles. The number of amides is 2. The Labute approximate surface area is 262 Å². The molecule has 8 nitrogen and oxygen atoms in total. The van der Waals surface area contributed by atoms with Gasteiger partial charge in [-0.2, -0.15) is 0 Å². The maximum Gasteiger partial charge on any atom is 0.264 e. The molecule has 2 heterocycles. The van der Waals surface area contributed by atoms with Crippen LogP contribution in [0.15, 0.2) is 71.6 Å². The van der Waals surface area contributed by atoms with E-state index < -0.39 is 21.3 Å². The molecule has 1 unspecified atom stereocenters. The van der Waals surface area contributed by atoms with Gasteiger partial charge in [-0.3, -0.25) is 18.8 Å². The predicted octanol–water partition coefficient (Wildman–Crippen LogP) is 4.82. The molecule has 2 amide bonds. The van der Waals surface area contributed by atoms with Crippen LogP contribution in [0.4, 0.5) is 10.1 Å². The molecular formula is C33H36ClFN4O4S. The molecule has 1 spiro atoms. The van der Waals surface area contributed by atoms with E-state index in [4.69, 9.17) is 11.6 Å². The Morgan fingerprint density at radius 2 is 1.70 bits per heavy atom. The fourth-order valence-corrected chi connectivity index (χ4v) is 8.78. The van der Waals surface area contributed by atoms with Crippen molar-refractivity contribution in [2.45, 2.75) is 48.6 Å². The van der Waals surface area contributed by atoms with Crippen molar-refractivity contribution < 1.29 is 22.4 Å². The second-order valence-corrected chi connectivity index (χ2v) is 14.5. The number of piperidine rings is 1. The van der Waals surface area contributed by atoms with Crippen LogP contribution in [0.25, 0.3) is 0 Å². The minimum Gasteiger partial charge on any atom is -0.348 e. The van der Waals surface area contributed by atoms with Gasteiger partial charge in [0.2, 0.25) is 5.91 Å². The molecule has 0 bridgehead atoms. The molecular weight excluding hydrogens is 603 g/mol. The van der Waals surface area contributed by atoms with Gasteiger partial charge in [0.05, 0.1) is 23.2 Å². The SMILES string of the molecule is CN(C)C(=O)CN1CCC2(CC1)c1cc(C(=O)NCc3ccccc3Cl)ccc1N(S(=O)(=O)c1ccc(F)cc1)C2C1CC1. The lowest BCUT2D eigenvalue weighted by molar-refractivity contribution is -0.130. The van der Waals surface area contributed by atoms with Gasteiger partial charge in [-0.25, -0.2) is 12.8 Å². The van der Waals surface area contributed by atoms with E-state index in [1.807, 2.05) is 24.3 Å². The Hall–Kier alpha value is -3.47. The number of carbonyl (C=O) groups is 2. The fraction of sp³-hybridized carbons (Fsp3) is 0.394. The van der Waals surface area contributed by atoms with Crippen molar-refractivity contribution in [2.24, 2.45) is 5.92 Å². The average molecular weight is 639 g/mol. The van der Waals surface area contributed by atoms with E-state index in [2.05, 4.69) is 10.2 Å². The lowest BCUT2D eigenvalue weighted by Gasteiger charge is -2.45. The minimum atomic E-state index is -4.05. The number of hydrogen-bond donors (Lipinski definition) is 1. The molecule has 2 fully saturated rings. The second-order valence-electron chi connectivity index (χ2n) is 12.3. The summed E-state index contributed by atoms with van der Waals surface area (Å²) in [5, 5.41) is 3.52. The summed E-state index contributed by atoms with van der Waals surface area (Å²) in [5.41, 5.74) is 2.09. The first-order chi connectivity index (χ1) is 21.0. The molecule has 11 heteroatoms. The summed E-state index contributed by atoms with van der Waals surface area (Å²) < 4.78 is 44.0. The molecule has 3 aromatic rings. The number of benzene rings is 3. The molecule has 1 saturated carbocycles. The normalized spacial score (nSPS) is 19.5. The van der Waals surface area contributed by atoms with Crippen molar-refractivity contribution in [3.05, 3.63) is 94.3 Å². The number of nitrogens with one attached hydrogen (secondary N) is 1. The van der Waals surface area contributed by atoms with Crippen LogP contribution in [0, 0.1) is 11.7 Å². The number of fused-ring (bicyclic) bond motifs is 2. The number of rotatable bonds is 8. The Bertz CT molecular complexity index is 1690. The van der Waals surface area contributed by atoms with Crippen LogP contribution in [0.3, 0.4) is 0 Å². The minimum absolute atomic E-state index is 0.0181. The first-order valence-electron chi connectivity index (χ1n) is 14.9. The monoisotopic (exact) mass is 638 g/mol. The summed E-state index contributed by atoms with van der Waals surface area (Å²) in [6.45, 7) is 1.79. The van der Waals surface area contributed by atoms with Crippen molar-refractivity contribution >= 4 is 39.1 Å². The van der Waals surface area contributed by atoms with Gasteiger partial charge >= 0.3 is 0 Å². The van der Waals surface area contributed by atoms with E-state index in [9.17, 15) is 22.4 Å². The summed E-state index contributed by atoms with van der Waals surface area (Å²) in [5.74, 6) is -0.609. The first kappa shape index (κ1) is 30.6. The van der Waals surface area contributed by atoms with Crippen LogP contribution in [0.2, 0.25) is 5.02 Å².